The molecule has 0 spiro atoms. The van der Waals surface area contributed by atoms with E-state index in [1.54, 1.807) is 0 Å². The van der Waals surface area contributed by atoms with Gasteiger partial charge in [-0.3, -0.25) is 4.79 Å². The summed E-state index contributed by atoms with van der Waals surface area (Å²) in [5.74, 6) is -1.26. The fourth-order valence-electron chi connectivity index (χ4n) is 3.95. The number of sulfonamides is 1. The molecule has 12 heteroatoms. The fraction of sp³-hybridized carbons (Fsp3) is 0.524. The first-order valence-corrected chi connectivity index (χ1v) is 12.0. The highest BCUT2D eigenvalue weighted by molar-refractivity contribution is 7.89. The number of carbonyl (C=O) groups is 1. The first kappa shape index (κ1) is 25.2. The predicted octanol–water partition coefficient (Wildman–Crippen LogP) is 2.55. The van der Waals surface area contributed by atoms with Gasteiger partial charge in [-0.2, -0.15) is 17.5 Å². The van der Waals surface area contributed by atoms with Crippen LogP contribution in [0.5, 0.6) is 0 Å². The highest BCUT2D eigenvalue weighted by atomic mass is 32.2. The van der Waals surface area contributed by atoms with Crippen molar-refractivity contribution in [3.05, 3.63) is 48.0 Å². The van der Waals surface area contributed by atoms with Crippen LogP contribution in [0.4, 0.5) is 13.2 Å². The molecule has 2 atom stereocenters. The number of amides is 1. The Morgan fingerprint density at radius 3 is 2.45 bits per heavy atom. The second kappa shape index (κ2) is 9.43. The average molecular weight is 489 g/mol. The Morgan fingerprint density at radius 2 is 1.91 bits per heavy atom. The van der Waals surface area contributed by atoms with E-state index >= 15 is 0 Å². The molecular formula is C21H27F3N4O4S. The number of nitrogens with zero attached hydrogens (tertiary/aromatic N) is 3. The number of aryl methyl sites for hydroxylation is 1. The molecule has 2 heterocycles. The minimum atomic E-state index is -5.00. The number of alkyl halides is 3. The van der Waals surface area contributed by atoms with Gasteiger partial charge in [0.15, 0.2) is 0 Å². The maximum absolute atomic E-state index is 13.6. The molecule has 0 radical (unpaired) electrons. The van der Waals surface area contributed by atoms with Crippen LogP contribution in [0.1, 0.15) is 48.8 Å². The molecule has 1 aromatic heterocycles. The smallest absolute Gasteiger partial charge is 0.374 e. The van der Waals surface area contributed by atoms with Crippen molar-refractivity contribution < 1.29 is 31.5 Å². The van der Waals surface area contributed by atoms with Crippen molar-refractivity contribution in [2.24, 2.45) is 7.05 Å². The molecule has 0 aliphatic carbocycles. The van der Waals surface area contributed by atoms with E-state index in [0.717, 1.165) is 30.0 Å². The summed E-state index contributed by atoms with van der Waals surface area (Å²) >= 11 is 0. The summed E-state index contributed by atoms with van der Waals surface area (Å²) in [5, 5.41) is 12.7. The molecule has 2 N–H and O–H groups in total. The molecule has 2 aromatic rings. The normalized spacial score (nSPS) is 19.8. The third kappa shape index (κ3) is 5.07. The van der Waals surface area contributed by atoms with E-state index in [9.17, 15) is 31.5 Å². The molecule has 1 saturated heterocycles. The first-order valence-electron chi connectivity index (χ1n) is 10.5. The number of aromatic nitrogens is 2. The van der Waals surface area contributed by atoms with Crippen molar-refractivity contribution in [2.75, 3.05) is 13.1 Å². The summed E-state index contributed by atoms with van der Waals surface area (Å²) in [6.07, 6.45) is -0.884. The van der Waals surface area contributed by atoms with Crippen LogP contribution in [0.2, 0.25) is 0 Å². The summed E-state index contributed by atoms with van der Waals surface area (Å²) in [6, 6.07) is 5.13. The maximum Gasteiger partial charge on any atom is 0.424 e. The third-order valence-electron chi connectivity index (χ3n) is 5.90. The molecule has 33 heavy (non-hydrogen) atoms. The molecule has 0 bridgehead atoms. The predicted molar refractivity (Wildman–Crippen MR) is 114 cm³/mol. The summed E-state index contributed by atoms with van der Waals surface area (Å²) < 4.78 is 68.9. The summed E-state index contributed by atoms with van der Waals surface area (Å²) in [7, 11) is -2.37. The second-order valence-electron chi connectivity index (χ2n) is 8.21. The maximum atomic E-state index is 13.6. The molecule has 182 valence electrons. The Hall–Kier alpha value is -2.44. The molecule has 1 aromatic carbocycles. The Morgan fingerprint density at radius 1 is 1.24 bits per heavy atom. The fourth-order valence-corrected chi connectivity index (χ4v) is 5.65. The lowest BCUT2D eigenvalue weighted by atomic mass is 9.97. The number of nitrogens with one attached hydrogen (secondary N) is 1. The Kier molecular flexibility index (Phi) is 7.20. The lowest BCUT2D eigenvalue weighted by Gasteiger charge is -2.32. The molecule has 1 fully saturated rings. The van der Waals surface area contributed by atoms with E-state index in [1.807, 2.05) is 6.92 Å². The molecule has 0 saturated carbocycles. The monoisotopic (exact) mass is 488 g/mol. The van der Waals surface area contributed by atoms with Crippen LogP contribution in [-0.4, -0.2) is 58.6 Å². The lowest BCUT2D eigenvalue weighted by molar-refractivity contribution is -0.272. The van der Waals surface area contributed by atoms with Gasteiger partial charge in [-0.05, 0) is 44.0 Å². The van der Waals surface area contributed by atoms with Gasteiger partial charge in [-0.1, -0.05) is 6.42 Å². The third-order valence-corrected chi connectivity index (χ3v) is 7.93. The average Bonchev–Trinajstić information content (AvgIpc) is 3.19. The number of halogens is 3. The van der Waals surface area contributed by atoms with E-state index in [0.29, 0.717) is 6.54 Å². The number of benzene rings is 1. The van der Waals surface area contributed by atoms with Gasteiger partial charge in [-0.25, -0.2) is 13.4 Å². The van der Waals surface area contributed by atoms with Crippen LogP contribution in [0, 0.1) is 0 Å². The van der Waals surface area contributed by atoms with Crippen LogP contribution in [0.25, 0.3) is 0 Å². The summed E-state index contributed by atoms with van der Waals surface area (Å²) in [6.45, 7) is 1.81. The van der Waals surface area contributed by atoms with Crippen molar-refractivity contribution >= 4 is 15.9 Å². The zero-order chi connectivity index (χ0) is 24.4. The van der Waals surface area contributed by atoms with E-state index in [4.69, 9.17) is 0 Å². The van der Waals surface area contributed by atoms with E-state index in [-0.39, 0.29) is 16.5 Å². The van der Waals surface area contributed by atoms with Gasteiger partial charge in [0.2, 0.25) is 15.6 Å². The number of hydrogen-bond donors (Lipinski definition) is 2. The van der Waals surface area contributed by atoms with Gasteiger partial charge in [-0.15, -0.1) is 0 Å². The lowest BCUT2D eigenvalue weighted by Crippen LogP contribution is -2.46. The highest BCUT2D eigenvalue weighted by Gasteiger charge is 2.57. The van der Waals surface area contributed by atoms with E-state index in [1.165, 1.54) is 41.8 Å². The van der Waals surface area contributed by atoms with Crippen molar-refractivity contribution in [1.29, 1.82) is 0 Å². The minimum Gasteiger partial charge on any atom is -0.374 e. The summed E-state index contributed by atoms with van der Waals surface area (Å²) in [5.41, 5.74) is -3.14. The van der Waals surface area contributed by atoms with Gasteiger partial charge >= 0.3 is 6.18 Å². The second-order valence-corrected chi connectivity index (χ2v) is 10.1. The van der Waals surface area contributed by atoms with Crippen molar-refractivity contribution in [2.45, 2.75) is 55.3 Å². The standard InChI is InChI=1S/C21H27F3N4O4S/c1-15-5-3-4-13-28(15)33(31,32)17-8-6-16(7-9-17)18(29)25-11-10-20(30,21(22,23)24)19-26-12-14-27(19)2/h6-9,12,14-15,30H,3-5,10-11,13H2,1-2H3,(H,25,29)/t15-,20+/m0/s1. The van der Waals surface area contributed by atoms with Crippen LogP contribution < -0.4 is 5.32 Å². The molecule has 1 aliphatic rings. The molecule has 1 amide bonds. The Bertz CT molecular complexity index is 1090. The highest BCUT2D eigenvalue weighted by Crippen LogP contribution is 2.40. The number of piperidine rings is 1. The number of hydrogen-bond acceptors (Lipinski definition) is 5. The summed E-state index contributed by atoms with van der Waals surface area (Å²) in [4.78, 5) is 16.0. The molecule has 3 rings (SSSR count). The van der Waals surface area contributed by atoms with Crippen LogP contribution in [0.15, 0.2) is 41.6 Å². The van der Waals surface area contributed by atoms with E-state index < -0.39 is 46.5 Å². The van der Waals surface area contributed by atoms with Crippen molar-refractivity contribution in [3.8, 4) is 0 Å². The molecule has 8 nitrogen and oxygen atoms in total. The topological polar surface area (TPSA) is 105 Å². The van der Waals surface area contributed by atoms with Gasteiger partial charge in [0, 0.05) is 50.6 Å². The molecular weight excluding hydrogens is 461 g/mol. The number of rotatable bonds is 7. The number of aliphatic hydroxyl groups is 1. The first-order chi connectivity index (χ1) is 15.4. The van der Waals surface area contributed by atoms with Crippen molar-refractivity contribution in [3.63, 3.8) is 0 Å². The number of carbonyl (C=O) groups excluding carboxylic acids is 1. The number of imidazole rings is 1. The Balaban J connectivity index is 1.67. The molecule has 1 aliphatic heterocycles. The Labute approximate surface area is 190 Å². The zero-order valence-corrected chi connectivity index (χ0v) is 19.2. The van der Waals surface area contributed by atoms with Crippen LogP contribution in [0.3, 0.4) is 0 Å². The van der Waals surface area contributed by atoms with Gasteiger partial charge in [0.05, 0.1) is 4.90 Å². The molecule has 0 unspecified atom stereocenters. The van der Waals surface area contributed by atoms with Gasteiger partial charge < -0.3 is 15.0 Å². The quantitative estimate of drug-likeness (QED) is 0.623. The SMILES string of the molecule is C[C@H]1CCCCN1S(=O)(=O)c1ccc(C(=O)NCC[C@@](O)(c2nccn2C)C(F)(F)F)cc1. The van der Waals surface area contributed by atoms with Gasteiger partial charge in [0.1, 0.15) is 5.82 Å². The van der Waals surface area contributed by atoms with E-state index in [2.05, 4.69) is 10.3 Å². The van der Waals surface area contributed by atoms with Crippen LogP contribution >= 0.6 is 0 Å². The minimum absolute atomic E-state index is 0.0500. The van der Waals surface area contributed by atoms with Crippen LogP contribution in [-0.2, 0) is 22.7 Å². The van der Waals surface area contributed by atoms with Crippen molar-refractivity contribution in [1.82, 2.24) is 19.2 Å². The zero-order valence-electron chi connectivity index (χ0n) is 18.3. The largest absolute Gasteiger partial charge is 0.424 e. The van der Waals surface area contributed by atoms with Gasteiger partial charge in [0.25, 0.3) is 5.91 Å².